The fraction of sp³-hybridized carbons (Fsp3) is 0. The van der Waals surface area contributed by atoms with Gasteiger partial charge in [0.05, 0.1) is 55.5 Å². The second-order valence-electron chi connectivity index (χ2n) is 33.7. The van der Waals surface area contributed by atoms with E-state index in [9.17, 15) is 0 Å². The number of fused-ring (bicyclic) bond motifs is 24. The van der Waals surface area contributed by atoms with E-state index < -0.39 is 0 Å². The van der Waals surface area contributed by atoms with Gasteiger partial charge in [0.25, 0.3) is 0 Å². The number of nitrogens with zero attached hydrogens (tertiary/aromatic N) is 4. The molecule has 0 unspecified atom stereocenters. The van der Waals surface area contributed by atoms with Crippen LogP contribution in [0.25, 0.3) is 264 Å². The highest BCUT2D eigenvalue weighted by Gasteiger charge is 2.28. The molecule has 0 N–H and O–H groups in total. The fourth-order valence-electron chi connectivity index (χ4n) is 21.7. The minimum atomic E-state index is 1.15. The van der Waals surface area contributed by atoms with Gasteiger partial charge in [0, 0.05) is 65.2 Å². The summed E-state index contributed by atoms with van der Waals surface area (Å²) in [5.41, 5.74) is 34.7. The summed E-state index contributed by atoms with van der Waals surface area (Å²) in [7, 11) is 0. The summed E-state index contributed by atoms with van der Waals surface area (Å²) in [5.74, 6) is 0. The Balaban J connectivity index is 0.000000130. The molecule has 0 saturated heterocycles. The van der Waals surface area contributed by atoms with Crippen LogP contribution in [0.3, 0.4) is 0 Å². The zero-order chi connectivity index (χ0) is 80.9. The summed E-state index contributed by atoms with van der Waals surface area (Å²) in [6.07, 6.45) is 0. The maximum Gasteiger partial charge on any atom is 0.0541 e. The Kier molecular flexibility index (Phi) is 14.7. The largest absolute Gasteiger partial charge is 0.309 e. The monoisotopic (exact) mass is 1570 g/mol. The number of hydrogen-bond acceptors (Lipinski definition) is 0. The maximum absolute atomic E-state index is 2.44. The Hall–Kier alpha value is -16.4. The molecule has 0 aliphatic heterocycles. The molecule has 4 heteroatoms. The zero-order valence-corrected chi connectivity index (χ0v) is 67.4. The van der Waals surface area contributed by atoms with Gasteiger partial charge in [-0.2, -0.15) is 0 Å². The van der Waals surface area contributed by atoms with E-state index >= 15 is 0 Å². The van der Waals surface area contributed by atoms with Gasteiger partial charge in [0.2, 0.25) is 0 Å². The Morgan fingerprint density at radius 2 is 0.419 bits per heavy atom. The summed E-state index contributed by atoms with van der Waals surface area (Å²) < 4.78 is 9.73. The van der Waals surface area contributed by atoms with Crippen LogP contribution < -0.4 is 0 Å². The van der Waals surface area contributed by atoms with Crippen LogP contribution in [0.1, 0.15) is 0 Å². The van der Waals surface area contributed by atoms with Gasteiger partial charge in [-0.25, -0.2) is 0 Å². The smallest absolute Gasteiger partial charge is 0.0541 e. The summed E-state index contributed by atoms with van der Waals surface area (Å²) in [5, 5.41) is 25.6. The minimum Gasteiger partial charge on any atom is -0.309 e. The van der Waals surface area contributed by atoms with E-state index in [1.165, 1.54) is 252 Å². The molecule has 28 rings (SSSR count). The summed E-state index contributed by atoms with van der Waals surface area (Å²) >= 11 is 0. The fourth-order valence-corrected chi connectivity index (χ4v) is 21.7. The number of para-hydroxylation sites is 4. The van der Waals surface area contributed by atoms with Crippen LogP contribution in [-0.2, 0) is 0 Å². The first-order valence-corrected chi connectivity index (χ1v) is 43.0. The quantitative estimate of drug-likeness (QED) is 0.135. The van der Waals surface area contributed by atoms with Crippen molar-refractivity contribution >= 4 is 152 Å². The van der Waals surface area contributed by atoms with Crippen molar-refractivity contribution in [3.8, 4) is 112 Å². The van der Waals surface area contributed by atoms with Crippen LogP contribution in [-0.4, -0.2) is 18.3 Å². The van der Waals surface area contributed by atoms with E-state index in [2.05, 4.69) is 455 Å². The molecule has 4 heterocycles. The van der Waals surface area contributed by atoms with E-state index in [1.54, 1.807) is 0 Å². The molecular weight excluding hydrogens is 1500 g/mol. The van der Waals surface area contributed by atoms with Crippen LogP contribution in [0.2, 0.25) is 0 Å². The van der Waals surface area contributed by atoms with E-state index in [0.29, 0.717) is 0 Å². The lowest BCUT2D eigenvalue weighted by molar-refractivity contribution is 1.18. The van der Waals surface area contributed by atoms with Gasteiger partial charge in [-0.05, 0) is 276 Å². The summed E-state index contributed by atoms with van der Waals surface area (Å²) in [6.45, 7) is 0. The molecule has 0 radical (unpaired) electrons. The van der Waals surface area contributed by atoms with E-state index in [0.717, 1.165) is 11.4 Å². The first-order chi connectivity index (χ1) is 61.5. The molecule has 2 aliphatic rings. The molecule has 22 aromatic carbocycles. The van der Waals surface area contributed by atoms with E-state index in [4.69, 9.17) is 0 Å². The first kappa shape index (κ1) is 68.5. The second kappa shape index (κ2) is 26.5. The van der Waals surface area contributed by atoms with Gasteiger partial charge in [0.15, 0.2) is 0 Å². The van der Waals surface area contributed by atoms with Crippen molar-refractivity contribution in [3.05, 3.63) is 437 Å². The van der Waals surface area contributed by atoms with Crippen LogP contribution in [0.15, 0.2) is 437 Å². The van der Waals surface area contributed by atoms with Crippen molar-refractivity contribution < 1.29 is 0 Å². The molecule has 124 heavy (non-hydrogen) atoms. The number of rotatable bonds is 8. The highest BCUT2D eigenvalue weighted by Crippen LogP contribution is 2.54. The molecule has 4 aromatic heterocycles. The van der Waals surface area contributed by atoms with Crippen molar-refractivity contribution in [2.45, 2.75) is 0 Å². The lowest BCUT2D eigenvalue weighted by Crippen LogP contribution is -1.95. The van der Waals surface area contributed by atoms with Crippen molar-refractivity contribution in [2.24, 2.45) is 0 Å². The lowest BCUT2D eigenvalue weighted by Gasteiger charge is -2.12. The average molecular weight is 1570 g/mol. The highest BCUT2D eigenvalue weighted by atomic mass is 15.0. The molecule has 0 saturated carbocycles. The van der Waals surface area contributed by atoms with E-state index in [1.807, 2.05) is 0 Å². The van der Waals surface area contributed by atoms with Crippen LogP contribution >= 0.6 is 0 Å². The molecule has 4 nitrogen and oxygen atoms in total. The van der Waals surface area contributed by atoms with Gasteiger partial charge in [0.1, 0.15) is 0 Å². The van der Waals surface area contributed by atoms with Crippen molar-refractivity contribution in [2.75, 3.05) is 0 Å². The summed E-state index contributed by atoms with van der Waals surface area (Å²) in [6, 6.07) is 162. The number of benzene rings is 22. The first-order valence-electron chi connectivity index (χ1n) is 43.0. The highest BCUT2D eigenvalue weighted by molar-refractivity contribution is 6.26. The van der Waals surface area contributed by atoms with Crippen molar-refractivity contribution in [1.82, 2.24) is 18.3 Å². The van der Waals surface area contributed by atoms with Gasteiger partial charge >= 0.3 is 0 Å². The van der Waals surface area contributed by atoms with Gasteiger partial charge in [-0.1, -0.05) is 303 Å². The molecule has 0 fully saturated rings. The number of aromatic nitrogens is 4. The molecule has 0 bridgehead atoms. The molecule has 0 atom stereocenters. The Morgan fingerprint density at radius 1 is 0.121 bits per heavy atom. The van der Waals surface area contributed by atoms with Gasteiger partial charge in [-0.3, -0.25) is 0 Å². The van der Waals surface area contributed by atoms with Crippen molar-refractivity contribution in [3.63, 3.8) is 0 Å². The maximum atomic E-state index is 2.44. The lowest BCUT2D eigenvalue weighted by atomic mass is 9.95. The second-order valence-corrected chi connectivity index (χ2v) is 33.7. The third kappa shape index (κ3) is 10.1. The van der Waals surface area contributed by atoms with Crippen molar-refractivity contribution in [1.29, 1.82) is 0 Å². The third-order valence-electron chi connectivity index (χ3n) is 27.2. The molecule has 0 spiro atoms. The zero-order valence-electron chi connectivity index (χ0n) is 67.4. The standard InChI is InChI=1S/2C60H36N2/c1-4-18-45-37(12-1)14-10-25-55(45)62-57-24-8-6-20-48(57)53-35-41(28-31-59(53)62)40-27-30-58-52(34-40)47-19-5-7-23-56(47)61(58)43-16-9-15-38(32-43)39-26-29-46-50-22-11-21-49-44-17-3-2-13-42(44)36-54(60(49)50)51(46)33-39;1-4-15-45-38(11-1)13-9-22-55(45)62-57-21-8-6-17-48(57)53-35-41(27-32-59(53)62)40-26-31-58-52(34-40)47-16-5-7-20-56(47)61(58)43-28-23-37(24-29-43)39-25-30-46-50-19-10-18-49-44-14-3-2-12-42(44)36-54(60(49)50)51(46)33-39/h2*1-36H. The van der Waals surface area contributed by atoms with Crippen LogP contribution in [0.4, 0.5) is 0 Å². The van der Waals surface area contributed by atoms with Gasteiger partial charge < -0.3 is 18.3 Å². The molecule has 2 aliphatic carbocycles. The normalized spacial score (nSPS) is 12.2. The SMILES string of the molecule is c1cc(-c2ccc3c(c2)-c2cc4ccccc4c4cccc-3c24)cc(-n2c3ccccc3c3cc(-c4ccc5c(c4)c4ccccc4n5-c4cccc5ccccc45)ccc32)c1.c1ccc2c(-n3c4ccccc4c4cc(-c5ccc6c(c5)c5ccccc5n6-c5ccc(-c6ccc7c(c6)-c6cc8ccccc8c8cccc-7c68)cc5)ccc43)cccc2c1. The summed E-state index contributed by atoms with van der Waals surface area (Å²) in [4.78, 5) is 0. The number of hydrogen-bond donors (Lipinski definition) is 0. The predicted molar refractivity (Wildman–Crippen MR) is 526 cm³/mol. The minimum absolute atomic E-state index is 1.15. The van der Waals surface area contributed by atoms with Crippen LogP contribution in [0.5, 0.6) is 0 Å². The molecule has 572 valence electrons. The molecule has 0 amide bonds. The van der Waals surface area contributed by atoms with E-state index in [-0.39, 0.29) is 0 Å². The average Bonchev–Trinajstić information content (AvgIpc) is 1.56. The molecule has 26 aromatic rings. The third-order valence-corrected chi connectivity index (χ3v) is 27.2. The van der Waals surface area contributed by atoms with Gasteiger partial charge in [-0.15, -0.1) is 0 Å². The van der Waals surface area contributed by atoms with Crippen LogP contribution in [0, 0.1) is 0 Å². The Labute approximate surface area is 713 Å². The topological polar surface area (TPSA) is 19.7 Å². The molecular formula is C120H72N4. The Morgan fingerprint density at radius 3 is 0.863 bits per heavy atom. The predicted octanol–water partition coefficient (Wildman–Crippen LogP) is 32.6. The Bertz CT molecular complexity index is 9120.